The minimum atomic E-state index is -0.694. The van der Waals surface area contributed by atoms with Crippen LogP contribution in [0.1, 0.15) is 5.56 Å². The van der Waals surface area contributed by atoms with Gasteiger partial charge in [0.1, 0.15) is 6.61 Å². The molecule has 3 amide bonds. The summed E-state index contributed by atoms with van der Waals surface area (Å²) in [5, 5.41) is 4.86. The highest BCUT2D eigenvalue weighted by Gasteiger charge is 2.33. The summed E-state index contributed by atoms with van der Waals surface area (Å²) in [5.74, 6) is 0.697. The maximum absolute atomic E-state index is 12.9. The van der Waals surface area contributed by atoms with Crippen molar-refractivity contribution in [1.29, 1.82) is 0 Å². The van der Waals surface area contributed by atoms with Crippen molar-refractivity contribution < 1.29 is 23.9 Å². The van der Waals surface area contributed by atoms with Crippen LogP contribution in [0.4, 0.5) is 0 Å². The summed E-state index contributed by atoms with van der Waals surface area (Å²) in [6.07, 6.45) is -0.482. The lowest BCUT2D eigenvalue weighted by molar-refractivity contribution is -0.146. The van der Waals surface area contributed by atoms with Crippen molar-refractivity contribution in [3.63, 3.8) is 0 Å². The second-order valence-corrected chi connectivity index (χ2v) is 8.66. The van der Waals surface area contributed by atoms with E-state index in [0.29, 0.717) is 37.7 Å². The lowest BCUT2D eigenvalue weighted by Gasteiger charge is -2.37. The highest BCUT2D eigenvalue weighted by molar-refractivity contribution is 5.91. The zero-order valence-corrected chi connectivity index (χ0v) is 19.3. The molecule has 1 atom stereocenters. The first-order valence-electron chi connectivity index (χ1n) is 11.8. The SMILES string of the molecule is O=C(Cc1cccc2ccccc12)NCC(=O)N1CCN(C(=O)C2COc3ccccc3O2)CC1. The number of hydrogen-bond acceptors (Lipinski definition) is 5. The molecule has 3 aromatic rings. The van der Waals surface area contributed by atoms with Crippen LogP contribution in [0.2, 0.25) is 0 Å². The van der Waals surface area contributed by atoms with E-state index in [1.165, 1.54) is 0 Å². The molecule has 1 saturated heterocycles. The average Bonchev–Trinajstić information content (AvgIpc) is 2.91. The van der Waals surface area contributed by atoms with Crippen LogP contribution in [0.25, 0.3) is 10.8 Å². The van der Waals surface area contributed by atoms with Gasteiger partial charge in [0.05, 0.1) is 13.0 Å². The van der Waals surface area contributed by atoms with Crippen molar-refractivity contribution in [2.24, 2.45) is 0 Å². The predicted molar refractivity (Wildman–Crippen MR) is 130 cm³/mol. The van der Waals surface area contributed by atoms with Gasteiger partial charge in [-0.25, -0.2) is 0 Å². The third-order valence-electron chi connectivity index (χ3n) is 6.40. The highest BCUT2D eigenvalue weighted by atomic mass is 16.6. The molecule has 1 N–H and O–H groups in total. The molecule has 3 aromatic carbocycles. The molecule has 2 aliphatic rings. The molecule has 0 aliphatic carbocycles. The van der Waals surface area contributed by atoms with E-state index in [4.69, 9.17) is 9.47 Å². The molecular formula is C27H27N3O5. The van der Waals surface area contributed by atoms with Gasteiger partial charge in [-0.1, -0.05) is 54.6 Å². The Hall–Kier alpha value is -4.07. The maximum atomic E-state index is 12.9. The number of nitrogens with zero attached hydrogens (tertiary/aromatic N) is 2. The van der Waals surface area contributed by atoms with E-state index in [1.54, 1.807) is 21.9 Å². The smallest absolute Gasteiger partial charge is 0.267 e. The second-order valence-electron chi connectivity index (χ2n) is 8.66. The Morgan fingerprint density at radius 3 is 2.34 bits per heavy atom. The fourth-order valence-corrected chi connectivity index (χ4v) is 4.49. The normalized spacial score (nSPS) is 17.2. The van der Waals surface area contributed by atoms with E-state index in [9.17, 15) is 14.4 Å². The molecule has 8 nitrogen and oxygen atoms in total. The van der Waals surface area contributed by atoms with Crippen molar-refractivity contribution in [2.75, 3.05) is 39.3 Å². The lowest BCUT2D eigenvalue weighted by Crippen LogP contribution is -2.56. The number of fused-ring (bicyclic) bond motifs is 2. The van der Waals surface area contributed by atoms with E-state index in [1.807, 2.05) is 54.6 Å². The van der Waals surface area contributed by atoms with Gasteiger partial charge in [0, 0.05) is 26.2 Å². The summed E-state index contributed by atoms with van der Waals surface area (Å²) < 4.78 is 11.5. The van der Waals surface area contributed by atoms with Crippen molar-refractivity contribution in [3.05, 3.63) is 72.3 Å². The molecular weight excluding hydrogens is 446 g/mol. The Morgan fingerprint density at radius 2 is 1.51 bits per heavy atom. The largest absolute Gasteiger partial charge is 0.485 e. The van der Waals surface area contributed by atoms with Gasteiger partial charge in [-0.15, -0.1) is 0 Å². The minimum Gasteiger partial charge on any atom is -0.485 e. The zero-order valence-electron chi connectivity index (χ0n) is 19.3. The van der Waals surface area contributed by atoms with Gasteiger partial charge in [0.15, 0.2) is 11.5 Å². The number of nitrogens with one attached hydrogen (secondary N) is 1. The predicted octanol–water partition coefficient (Wildman–Crippen LogP) is 2.01. The Kier molecular flexibility index (Phi) is 6.52. The Labute approximate surface area is 203 Å². The second kappa shape index (κ2) is 10.0. The van der Waals surface area contributed by atoms with Gasteiger partial charge in [-0.05, 0) is 28.5 Å². The third-order valence-corrected chi connectivity index (χ3v) is 6.40. The van der Waals surface area contributed by atoms with Gasteiger partial charge < -0.3 is 24.6 Å². The van der Waals surface area contributed by atoms with Gasteiger partial charge in [0.25, 0.3) is 5.91 Å². The molecule has 0 spiro atoms. The van der Waals surface area contributed by atoms with Crippen LogP contribution in [0.15, 0.2) is 66.7 Å². The monoisotopic (exact) mass is 473 g/mol. The summed E-state index contributed by atoms with van der Waals surface area (Å²) in [7, 11) is 0. The standard InChI is InChI=1S/C27H27N3O5/c31-25(16-20-8-5-7-19-6-1-2-9-21(19)20)28-17-26(32)29-12-14-30(15-13-29)27(33)24-18-34-22-10-3-4-11-23(22)35-24/h1-11,24H,12-18H2,(H,28,31). The lowest BCUT2D eigenvalue weighted by atomic mass is 10.0. The Balaban J connectivity index is 1.08. The van der Waals surface area contributed by atoms with Crippen molar-refractivity contribution in [3.8, 4) is 11.5 Å². The van der Waals surface area contributed by atoms with Crippen molar-refractivity contribution in [2.45, 2.75) is 12.5 Å². The molecule has 2 heterocycles. The molecule has 35 heavy (non-hydrogen) atoms. The number of ether oxygens (including phenoxy) is 2. The summed E-state index contributed by atoms with van der Waals surface area (Å²) >= 11 is 0. The number of carbonyl (C=O) groups is 3. The quantitative estimate of drug-likeness (QED) is 0.613. The number of hydrogen-bond donors (Lipinski definition) is 1. The molecule has 1 fully saturated rings. The van der Waals surface area contributed by atoms with Crippen LogP contribution in [0.5, 0.6) is 11.5 Å². The molecule has 1 unspecified atom stereocenters. The van der Waals surface area contributed by atoms with Crippen LogP contribution in [0, 0.1) is 0 Å². The number of carbonyl (C=O) groups excluding carboxylic acids is 3. The van der Waals surface area contributed by atoms with Crippen LogP contribution < -0.4 is 14.8 Å². The van der Waals surface area contributed by atoms with Crippen LogP contribution in [0.3, 0.4) is 0 Å². The van der Waals surface area contributed by atoms with Crippen LogP contribution >= 0.6 is 0 Å². The summed E-state index contributed by atoms with van der Waals surface area (Å²) in [4.78, 5) is 41.4. The Bertz CT molecular complexity index is 1250. The zero-order chi connectivity index (χ0) is 24.2. The maximum Gasteiger partial charge on any atom is 0.267 e. The van der Waals surface area contributed by atoms with E-state index in [0.717, 1.165) is 16.3 Å². The summed E-state index contributed by atoms with van der Waals surface area (Å²) in [6, 6.07) is 21.1. The first-order valence-corrected chi connectivity index (χ1v) is 11.8. The van der Waals surface area contributed by atoms with E-state index in [2.05, 4.69) is 5.32 Å². The first kappa shape index (κ1) is 22.7. The average molecular weight is 474 g/mol. The summed E-state index contributed by atoms with van der Waals surface area (Å²) in [5.41, 5.74) is 0.928. The Morgan fingerprint density at radius 1 is 0.829 bits per heavy atom. The van der Waals surface area contributed by atoms with Gasteiger partial charge in [-0.3, -0.25) is 14.4 Å². The number of amides is 3. The van der Waals surface area contributed by atoms with Crippen molar-refractivity contribution in [1.82, 2.24) is 15.1 Å². The topological polar surface area (TPSA) is 88.2 Å². The van der Waals surface area contributed by atoms with Gasteiger partial charge in [0.2, 0.25) is 17.9 Å². The molecule has 8 heteroatoms. The molecule has 0 aromatic heterocycles. The highest BCUT2D eigenvalue weighted by Crippen LogP contribution is 2.31. The third kappa shape index (κ3) is 5.06. The molecule has 2 aliphatic heterocycles. The summed E-state index contributed by atoms with van der Waals surface area (Å²) in [6.45, 7) is 1.75. The molecule has 0 bridgehead atoms. The molecule has 0 radical (unpaired) electrons. The number of benzene rings is 3. The molecule has 5 rings (SSSR count). The van der Waals surface area contributed by atoms with E-state index in [-0.39, 0.29) is 37.3 Å². The molecule has 180 valence electrons. The molecule has 0 saturated carbocycles. The number of para-hydroxylation sites is 2. The van der Waals surface area contributed by atoms with Crippen LogP contribution in [-0.4, -0.2) is 73.0 Å². The van der Waals surface area contributed by atoms with E-state index < -0.39 is 6.10 Å². The van der Waals surface area contributed by atoms with Crippen LogP contribution in [-0.2, 0) is 20.8 Å². The van der Waals surface area contributed by atoms with Crippen molar-refractivity contribution >= 4 is 28.5 Å². The van der Waals surface area contributed by atoms with Gasteiger partial charge >= 0.3 is 0 Å². The fraction of sp³-hybridized carbons (Fsp3) is 0.296. The number of rotatable bonds is 5. The number of piperazine rings is 1. The fourth-order valence-electron chi connectivity index (χ4n) is 4.49. The van der Waals surface area contributed by atoms with E-state index >= 15 is 0 Å². The first-order chi connectivity index (χ1) is 17.1. The minimum absolute atomic E-state index is 0.0616. The van der Waals surface area contributed by atoms with Gasteiger partial charge in [-0.2, -0.15) is 0 Å².